The summed E-state index contributed by atoms with van der Waals surface area (Å²) in [5, 5.41) is 3.49. The summed E-state index contributed by atoms with van der Waals surface area (Å²) in [4.78, 5) is 0. The number of hydrogen-bond donors (Lipinski definition) is 2. The SMILES string of the molecule is COCCNC(CN)C1CCCCC1. The number of hydrogen-bond acceptors (Lipinski definition) is 3. The van der Waals surface area contributed by atoms with Crippen LogP contribution >= 0.6 is 0 Å². The maximum atomic E-state index is 5.78. The van der Waals surface area contributed by atoms with Gasteiger partial charge in [-0.25, -0.2) is 0 Å². The van der Waals surface area contributed by atoms with E-state index in [1.54, 1.807) is 7.11 Å². The molecular weight excluding hydrogens is 176 g/mol. The average molecular weight is 200 g/mol. The first-order valence-corrected chi connectivity index (χ1v) is 5.81. The van der Waals surface area contributed by atoms with Crippen LogP contribution in [0.25, 0.3) is 0 Å². The summed E-state index contributed by atoms with van der Waals surface area (Å²) < 4.78 is 5.02. The lowest BCUT2D eigenvalue weighted by molar-refractivity contribution is 0.185. The van der Waals surface area contributed by atoms with Gasteiger partial charge in [-0.05, 0) is 18.8 Å². The van der Waals surface area contributed by atoms with Crippen molar-refractivity contribution in [3.63, 3.8) is 0 Å². The Morgan fingerprint density at radius 1 is 1.36 bits per heavy atom. The minimum atomic E-state index is 0.505. The van der Waals surface area contributed by atoms with Gasteiger partial charge in [0.1, 0.15) is 0 Å². The second-order valence-electron chi connectivity index (χ2n) is 4.19. The topological polar surface area (TPSA) is 47.3 Å². The van der Waals surface area contributed by atoms with Gasteiger partial charge in [0.2, 0.25) is 0 Å². The highest BCUT2D eigenvalue weighted by Gasteiger charge is 2.21. The molecule has 3 N–H and O–H groups in total. The van der Waals surface area contributed by atoms with Gasteiger partial charge in [-0.2, -0.15) is 0 Å². The summed E-state index contributed by atoms with van der Waals surface area (Å²) >= 11 is 0. The maximum Gasteiger partial charge on any atom is 0.0587 e. The molecular formula is C11H24N2O. The van der Waals surface area contributed by atoms with Crippen LogP contribution in [0, 0.1) is 5.92 Å². The molecule has 1 saturated carbocycles. The molecule has 0 spiro atoms. The van der Waals surface area contributed by atoms with Gasteiger partial charge >= 0.3 is 0 Å². The normalized spacial score (nSPS) is 21.0. The zero-order chi connectivity index (χ0) is 10.2. The van der Waals surface area contributed by atoms with E-state index in [2.05, 4.69) is 5.32 Å². The van der Waals surface area contributed by atoms with Crippen molar-refractivity contribution >= 4 is 0 Å². The standard InChI is InChI=1S/C11H24N2O/c1-14-8-7-13-11(9-12)10-5-3-2-4-6-10/h10-11,13H,2-9,12H2,1H3. The van der Waals surface area contributed by atoms with Gasteiger partial charge in [0.05, 0.1) is 6.61 Å². The number of nitrogens with two attached hydrogens (primary N) is 1. The van der Waals surface area contributed by atoms with Crippen LogP contribution in [0.2, 0.25) is 0 Å². The van der Waals surface area contributed by atoms with Crippen molar-refractivity contribution in [1.82, 2.24) is 5.32 Å². The van der Waals surface area contributed by atoms with E-state index in [0.717, 1.165) is 25.6 Å². The van der Waals surface area contributed by atoms with Gasteiger partial charge in [-0.15, -0.1) is 0 Å². The third-order valence-electron chi connectivity index (χ3n) is 3.19. The minimum Gasteiger partial charge on any atom is -0.383 e. The first-order chi connectivity index (χ1) is 6.88. The van der Waals surface area contributed by atoms with Gasteiger partial charge in [0.15, 0.2) is 0 Å². The van der Waals surface area contributed by atoms with E-state index < -0.39 is 0 Å². The molecule has 1 rings (SSSR count). The minimum absolute atomic E-state index is 0.505. The number of ether oxygens (including phenoxy) is 1. The Hall–Kier alpha value is -0.120. The van der Waals surface area contributed by atoms with E-state index in [4.69, 9.17) is 10.5 Å². The van der Waals surface area contributed by atoms with E-state index >= 15 is 0 Å². The molecule has 3 nitrogen and oxygen atoms in total. The molecule has 0 aromatic heterocycles. The van der Waals surface area contributed by atoms with Crippen molar-refractivity contribution in [2.75, 3.05) is 26.8 Å². The van der Waals surface area contributed by atoms with Crippen molar-refractivity contribution < 1.29 is 4.74 Å². The van der Waals surface area contributed by atoms with Crippen molar-refractivity contribution in [3.05, 3.63) is 0 Å². The Labute approximate surface area is 87.4 Å². The van der Waals surface area contributed by atoms with Crippen molar-refractivity contribution in [1.29, 1.82) is 0 Å². The van der Waals surface area contributed by atoms with Crippen LogP contribution in [-0.2, 0) is 4.74 Å². The van der Waals surface area contributed by atoms with E-state index in [1.807, 2.05) is 0 Å². The second kappa shape index (κ2) is 7.21. The highest BCUT2D eigenvalue weighted by molar-refractivity contribution is 4.79. The molecule has 0 heterocycles. The highest BCUT2D eigenvalue weighted by Crippen LogP contribution is 2.25. The van der Waals surface area contributed by atoms with Gasteiger partial charge in [0, 0.05) is 26.2 Å². The highest BCUT2D eigenvalue weighted by atomic mass is 16.5. The fourth-order valence-corrected chi connectivity index (χ4v) is 2.33. The number of nitrogens with one attached hydrogen (secondary N) is 1. The Balaban J connectivity index is 2.21. The Kier molecular flexibility index (Phi) is 6.15. The van der Waals surface area contributed by atoms with Crippen LogP contribution < -0.4 is 11.1 Å². The molecule has 14 heavy (non-hydrogen) atoms. The van der Waals surface area contributed by atoms with Gasteiger partial charge in [0.25, 0.3) is 0 Å². The van der Waals surface area contributed by atoms with E-state index in [-0.39, 0.29) is 0 Å². The molecule has 1 aliphatic rings. The zero-order valence-electron chi connectivity index (χ0n) is 9.30. The number of rotatable bonds is 6. The molecule has 84 valence electrons. The van der Waals surface area contributed by atoms with E-state index in [9.17, 15) is 0 Å². The summed E-state index contributed by atoms with van der Waals surface area (Å²) in [6.45, 7) is 2.46. The van der Waals surface area contributed by atoms with Crippen molar-refractivity contribution in [2.45, 2.75) is 38.1 Å². The average Bonchev–Trinajstić information content (AvgIpc) is 2.26. The molecule has 0 radical (unpaired) electrons. The lowest BCUT2D eigenvalue weighted by Gasteiger charge is -2.30. The molecule has 0 bridgehead atoms. The smallest absolute Gasteiger partial charge is 0.0587 e. The third kappa shape index (κ3) is 3.95. The van der Waals surface area contributed by atoms with Crippen LogP contribution in [0.15, 0.2) is 0 Å². The lowest BCUT2D eigenvalue weighted by atomic mass is 9.84. The molecule has 0 aromatic carbocycles. The van der Waals surface area contributed by atoms with Crippen LogP contribution in [0.5, 0.6) is 0 Å². The molecule has 1 atom stereocenters. The van der Waals surface area contributed by atoms with Gasteiger partial charge in [-0.3, -0.25) is 0 Å². The third-order valence-corrected chi connectivity index (χ3v) is 3.19. The van der Waals surface area contributed by atoms with Gasteiger partial charge in [-0.1, -0.05) is 19.3 Å². The molecule has 0 amide bonds. The van der Waals surface area contributed by atoms with Crippen LogP contribution in [0.4, 0.5) is 0 Å². The summed E-state index contributed by atoms with van der Waals surface area (Å²) in [5.41, 5.74) is 5.78. The van der Waals surface area contributed by atoms with Crippen molar-refractivity contribution in [2.24, 2.45) is 11.7 Å². The molecule has 0 saturated heterocycles. The fourth-order valence-electron chi connectivity index (χ4n) is 2.33. The number of methoxy groups -OCH3 is 1. The molecule has 0 aliphatic heterocycles. The Morgan fingerprint density at radius 2 is 2.07 bits per heavy atom. The largest absolute Gasteiger partial charge is 0.383 e. The fraction of sp³-hybridized carbons (Fsp3) is 1.00. The Morgan fingerprint density at radius 3 is 2.64 bits per heavy atom. The quantitative estimate of drug-likeness (QED) is 0.632. The molecule has 0 aromatic rings. The summed E-state index contributed by atoms with van der Waals surface area (Å²) in [5.74, 6) is 0.797. The molecule has 1 fully saturated rings. The summed E-state index contributed by atoms with van der Waals surface area (Å²) in [6.07, 6.45) is 6.87. The van der Waals surface area contributed by atoms with Crippen LogP contribution in [-0.4, -0.2) is 32.8 Å². The lowest BCUT2D eigenvalue weighted by Crippen LogP contribution is -2.44. The van der Waals surface area contributed by atoms with Crippen LogP contribution in [0.1, 0.15) is 32.1 Å². The molecule has 1 unspecified atom stereocenters. The summed E-state index contributed by atoms with van der Waals surface area (Å²) in [7, 11) is 1.74. The molecule has 1 aliphatic carbocycles. The zero-order valence-corrected chi connectivity index (χ0v) is 9.30. The van der Waals surface area contributed by atoms with Crippen molar-refractivity contribution in [3.8, 4) is 0 Å². The summed E-state index contributed by atoms with van der Waals surface area (Å²) in [6, 6.07) is 0.505. The monoisotopic (exact) mass is 200 g/mol. The maximum absolute atomic E-state index is 5.78. The Bertz CT molecular complexity index is 135. The predicted octanol–water partition coefficient (Wildman–Crippen LogP) is 1.13. The van der Waals surface area contributed by atoms with E-state index in [0.29, 0.717) is 6.04 Å². The molecule has 3 heteroatoms. The first kappa shape index (κ1) is 12.0. The first-order valence-electron chi connectivity index (χ1n) is 5.81. The second-order valence-corrected chi connectivity index (χ2v) is 4.19. The predicted molar refractivity (Wildman–Crippen MR) is 59.3 cm³/mol. The van der Waals surface area contributed by atoms with E-state index in [1.165, 1.54) is 32.1 Å². The van der Waals surface area contributed by atoms with Gasteiger partial charge < -0.3 is 15.8 Å². The van der Waals surface area contributed by atoms with Crippen LogP contribution in [0.3, 0.4) is 0 Å².